The molecule has 0 fully saturated rings. The van der Waals surface area contributed by atoms with Crippen LogP contribution in [0.15, 0.2) is 53.4 Å². The number of rotatable bonds is 6. The molecule has 26 heavy (non-hydrogen) atoms. The quantitative estimate of drug-likeness (QED) is 0.708. The van der Waals surface area contributed by atoms with E-state index >= 15 is 0 Å². The highest BCUT2D eigenvalue weighted by Gasteiger charge is 2.40. The molecule has 1 aliphatic rings. The molecule has 9 heteroatoms. The van der Waals surface area contributed by atoms with Gasteiger partial charge < -0.3 is 9.47 Å². The Hall–Kier alpha value is -2.94. The number of carbonyl (C=O) groups is 2. The summed E-state index contributed by atoms with van der Waals surface area (Å²) in [6, 6.07) is 11.0. The van der Waals surface area contributed by atoms with Crippen LogP contribution in [0.2, 0.25) is 0 Å². The molecular formula is C17H14FNO6S. The van der Waals surface area contributed by atoms with Crippen molar-refractivity contribution in [1.82, 2.24) is 4.31 Å². The highest BCUT2D eigenvalue weighted by Crippen LogP contribution is 2.29. The van der Waals surface area contributed by atoms with Gasteiger partial charge in [0.25, 0.3) is 15.9 Å². The topological polar surface area (TPSA) is 90.0 Å². The molecule has 2 aromatic carbocycles. The minimum Gasteiger partial charge on any atom is -0.482 e. The zero-order chi connectivity index (χ0) is 18.7. The molecule has 0 saturated carbocycles. The third kappa shape index (κ3) is 3.52. The van der Waals surface area contributed by atoms with Crippen molar-refractivity contribution < 1.29 is 31.9 Å². The number of nitrogens with zero attached hydrogens (tertiary/aromatic N) is 1. The molecule has 136 valence electrons. The second-order valence-corrected chi connectivity index (χ2v) is 7.17. The van der Waals surface area contributed by atoms with Gasteiger partial charge in [-0.1, -0.05) is 12.1 Å². The SMILES string of the molecule is O=C(COc1ccc(F)cc1)OCCN1C(=O)c2ccccc2S1(=O)=O. The van der Waals surface area contributed by atoms with Crippen molar-refractivity contribution in [3.8, 4) is 5.75 Å². The number of esters is 1. The van der Waals surface area contributed by atoms with E-state index in [-0.39, 0.29) is 29.4 Å². The van der Waals surface area contributed by atoms with Crippen molar-refractivity contribution in [3.63, 3.8) is 0 Å². The van der Waals surface area contributed by atoms with Gasteiger partial charge >= 0.3 is 5.97 Å². The van der Waals surface area contributed by atoms with E-state index in [0.717, 1.165) is 0 Å². The standard InChI is InChI=1S/C17H14FNO6S/c18-12-5-7-13(8-6-12)25-11-16(20)24-10-9-19-17(21)14-3-1-2-4-15(14)26(19,22)23/h1-8H,9-11H2. The number of sulfonamides is 1. The minimum atomic E-state index is -3.93. The molecule has 0 spiro atoms. The number of benzene rings is 2. The Bertz CT molecular complexity index is 942. The lowest BCUT2D eigenvalue weighted by molar-refractivity contribution is -0.146. The zero-order valence-electron chi connectivity index (χ0n) is 13.4. The smallest absolute Gasteiger partial charge is 0.344 e. The monoisotopic (exact) mass is 379 g/mol. The summed E-state index contributed by atoms with van der Waals surface area (Å²) in [7, 11) is -3.93. The molecule has 1 amide bonds. The summed E-state index contributed by atoms with van der Waals surface area (Å²) < 4.78 is 48.1. The maximum absolute atomic E-state index is 12.8. The van der Waals surface area contributed by atoms with Crippen molar-refractivity contribution in [2.75, 3.05) is 19.8 Å². The minimum absolute atomic E-state index is 0.0593. The number of hydrogen-bond donors (Lipinski definition) is 0. The third-order valence-electron chi connectivity index (χ3n) is 3.64. The summed E-state index contributed by atoms with van der Waals surface area (Å²) in [5.41, 5.74) is 0.0958. The molecule has 3 rings (SSSR count). The van der Waals surface area contributed by atoms with Gasteiger partial charge in [-0.15, -0.1) is 0 Å². The lowest BCUT2D eigenvalue weighted by Crippen LogP contribution is -2.34. The predicted molar refractivity (Wildman–Crippen MR) is 87.5 cm³/mol. The van der Waals surface area contributed by atoms with Gasteiger partial charge in [0, 0.05) is 0 Å². The summed E-state index contributed by atoms with van der Waals surface area (Å²) >= 11 is 0. The van der Waals surface area contributed by atoms with E-state index < -0.39 is 34.3 Å². The van der Waals surface area contributed by atoms with E-state index in [2.05, 4.69) is 0 Å². The molecule has 0 atom stereocenters. The Morgan fingerprint density at radius 3 is 2.46 bits per heavy atom. The van der Waals surface area contributed by atoms with Crippen LogP contribution < -0.4 is 4.74 Å². The van der Waals surface area contributed by atoms with Crippen molar-refractivity contribution in [1.29, 1.82) is 0 Å². The molecule has 0 unspecified atom stereocenters. The fourth-order valence-electron chi connectivity index (χ4n) is 2.41. The van der Waals surface area contributed by atoms with Crippen LogP contribution in [0.5, 0.6) is 5.75 Å². The summed E-state index contributed by atoms with van der Waals surface area (Å²) in [5, 5.41) is 0. The Morgan fingerprint density at radius 2 is 1.77 bits per heavy atom. The van der Waals surface area contributed by atoms with Crippen molar-refractivity contribution in [2.24, 2.45) is 0 Å². The van der Waals surface area contributed by atoms with Crippen LogP contribution >= 0.6 is 0 Å². The van der Waals surface area contributed by atoms with Gasteiger partial charge in [0.15, 0.2) is 6.61 Å². The van der Waals surface area contributed by atoms with Gasteiger partial charge in [0.05, 0.1) is 12.1 Å². The largest absolute Gasteiger partial charge is 0.482 e. The Morgan fingerprint density at radius 1 is 1.08 bits per heavy atom. The van der Waals surface area contributed by atoms with Crippen LogP contribution in [0.3, 0.4) is 0 Å². The van der Waals surface area contributed by atoms with Crippen LogP contribution in [0, 0.1) is 5.82 Å². The van der Waals surface area contributed by atoms with Crippen LogP contribution in [0.4, 0.5) is 4.39 Å². The molecule has 0 N–H and O–H groups in total. The van der Waals surface area contributed by atoms with Gasteiger partial charge in [0.2, 0.25) is 0 Å². The first kappa shape index (κ1) is 17.9. The number of amides is 1. The van der Waals surface area contributed by atoms with Gasteiger partial charge in [-0.05, 0) is 36.4 Å². The normalized spacial score (nSPS) is 14.8. The zero-order valence-corrected chi connectivity index (χ0v) is 14.2. The first-order chi connectivity index (χ1) is 12.4. The summed E-state index contributed by atoms with van der Waals surface area (Å²) in [6.07, 6.45) is 0. The van der Waals surface area contributed by atoms with Crippen LogP contribution in [-0.2, 0) is 19.6 Å². The number of halogens is 1. The van der Waals surface area contributed by atoms with Gasteiger partial charge in [-0.3, -0.25) is 4.79 Å². The van der Waals surface area contributed by atoms with Gasteiger partial charge in [0.1, 0.15) is 23.1 Å². The highest BCUT2D eigenvalue weighted by molar-refractivity contribution is 7.90. The van der Waals surface area contributed by atoms with Crippen molar-refractivity contribution >= 4 is 21.9 Å². The van der Waals surface area contributed by atoms with E-state index in [1.165, 1.54) is 42.5 Å². The molecular weight excluding hydrogens is 365 g/mol. The fourth-order valence-corrected chi connectivity index (χ4v) is 3.96. The molecule has 1 heterocycles. The number of carbonyl (C=O) groups excluding carboxylic acids is 2. The first-order valence-corrected chi connectivity index (χ1v) is 9.04. The summed E-state index contributed by atoms with van der Waals surface area (Å²) in [6.45, 7) is -1.02. The van der Waals surface area contributed by atoms with Gasteiger partial charge in [-0.2, -0.15) is 0 Å². The molecule has 2 aromatic rings. The van der Waals surface area contributed by atoms with E-state index in [1.54, 1.807) is 6.07 Å². The molecule has 0 aromatic heterocycles. The lowest BCUT2D eigenvalue weighted by Gasteiger charge is -2.15. The van der Waals surface area contributed by atoms with Crippen molar-refractivity contribution in [2.45, 2.75) is 4.90 Å². The predicted octanol–water partition coefficient (Wildman–Crippen LogP) is 1.59. The van der Waals surface area contributed by atoms with Crippen molar-refractivity contribution in [3.05, 3.63) is 59.9 Å². The molecule has 1 aliphatic heterocycles. The lowest BCUT2D eigenvalue weighted by atomic mass is 10.2. The number of ether oxygens (including phenoxy) is 2. The fraction of sp³-hybridized carbons (Fsp3) is 0.176. The number of hydrogen-bond acceptors (Lipinski definition) is 6. The maximum atomic E-state index is 12.8. The average molecular weight is 379 g/mol. The van der Waals surface area contributed by atoms with Crippen LogP contribution in [0.1, 0.15) is 10.4 Å². The molecule has 0 radical (unpaired) electrons. The Balaban J connectivity index is 1.51. The second kappa shape index (κ2) is 7.12. The second-order valence-electron chi connectivity index (χ2n) is 5.34. The van der Waals surface area contributed by atoms with Gasteiger partial charge in [-0.25, -0.2) is 21.9 Å². The first-order valence-electron chi connectivity index (χ1n) is 7.59. The molecule has 0 aliphatic carbocycles. The third-order valence-corrected chi connectivity index (χ3v) is 5.48. The van der Waals surface area contributed by atoms with E-state index in [0.29, 0.717) is 4.31 Å². The average Bonchev–Trinajstić information content (AvgIpc) is 2.82. The van der Waals surface area contributed by atoms with Crippen LogP contribution in [-0.4, -0.2) is 44.4 Å². The summed E-state index contributed by atoms with van der Waals surface area (Å²) in [5.74, 6) is -1.54. The Kier molecular flexibility index (Phi) is 4.90. The maximum Gasteiger partial charge on any atom is 0.344 e. The molecule has 7 nitrogen and oxygen atoms in total. The molecule has 0 saturated heterocycles. The summed E-state index contributed by atoms with van der Waals surface area (Å²) in [4.78, 5) is 23.8. The van der Waals surface area contributed by atoms with E-state index in [4.69, 9.17) is 9.47 Å². The Labute approximate surface area is 149 Å². The van der Waals surface area contributed by atoms with Crippen LogP contribution in [0.25, 0.3) is 0 Å². The highest BCUT2D eigenvalue weighted by atomic mass is 32.2. The molecule has 0 bridgehead atoms. The number of fused-ring (bicyclic) bond motifs is 1. The van der Waals surface area contributed by atoms with E-state index in [9.17, 15) is 22.4 Å². The van der Waals surface area contributed by atoms with E-state index in [1.807, 2.05) is 0 Å².